The molecule has 0 N–H and O–H groups in total. The van der Waals surface area contributed by atoms with Crippen LogP contribution in [0.1, 0.15) is 54.4 Å². The molecule has 3 aromatic carbocycles. The van der Waals surface area contributed by atoms with Crippen molar-refractivity contribution in [1.82, 2.24) is 0 Å². The molecule has 2 nitrogen and oxygen atoms in total. The molecule has 5 heteroatoms. The molecule has 0 saturated heterocycles. The molecular weight excluding hydrogens is 438 g/mol. The van der Waals surface area contributed by atoms with E-state index in [1.165, 1.54) is 12.1 Å². The van der Waals surface area contributed by atoms with Crippen molar-refractivity contribution < 1.29 is 18.3 Å². The Morgan fingerprint density at radius 3 is 1.45 bits per heavy atom. The van der Waals surface area contributed by atoms with Gasteiger partial charge in [-0.05, 0) is 76.9 Å². The van der Waals surface area contributed by atoms with Crippen LogP contribution in [0.5, 0.6) is 11.5 Å². The molecule has 176 valence electrons. The van der Waals surface area contributed by atoms with E-state index in [-0.39, 0.29) is 11.5 Å². The van der Waals surface area contributed by atoms with Crippen LogP contribution in [-0.2, 0) is 10.9 Å². The van der Waals surface area contributed by atoms with Crippen LogP contribution >= 0.6 is 0 Å². The summed E-state index contributed by atoms with van der Waals surface area (Å²) in [5.41, 5.74) is -0.985. The average molecular weight is 472 g/mol. The van der Waals surface area contributed by atoms with Gasteiger partial charge in [0.15, 0.2) is 37.8 Å². The second-order valence-electron chi connectivity index (χ2n) is 9.23. The van der Waals surface area contributed by atoms with Crippen LogP contribution in [0, 0.1) is 11.6 Å². The lowest BCUT2D eigenvalue weighted by Crippen LogP contribution is -2.27. The maximum Gasteiger partial charge on any atom is 0.170 e. The minimum atomic E-state index is -0.606. The van der Waals surface area contributed by atoms with Gasteiger partial charge >= 0.3 is 0 Å². The van der Waals surface area contributed by atoms with Gasteiger partial charge in [0.25, 0.3) is 0 Å². The molecule has 3 rings (SSSR count). The fraction of sp³-hybridized carbons (Fsp3) is 0.357. The van der Waals surface area contributed by atoms with Gasteiger partial charge in [-0.2, -0.15) is 0 Å². The Balaban J connectivity index is 2.12. The predicted octanol–water partition coefficient (Wildman–Crippen LogP) is 8.20. The van der Waals surface area contributed by atoms with E-state index in [1.54, 1.807) is 24.3 Å². The Labute approximate surface area is 199 Å². The van der Waals surface area contributed by atoms with Gasteiger partial charge in [0.05, 0.1) is 10.9 Å². The lowest BCUT2D eigenvalue weighted by Gasteiger charge is -2.25. The van der Waals surface area contributed by atoms with E-state index in [2.05, 4.69) is 0 Å². The number of hydrogen-bond acceptors (Lipinski definition) is 2. The zero-order valence-corrected chi connectivity index (χ0v) is 21.1. The lowest BCUT2D eigenvalue weighted by molar-refractivity contribution is 0.0989. The molecule has 33 heavy (non-hydrogen) atoms. The molecule has 0 heterocycles. The van der Waals surface area contributed by atoms with Gasteiger partial charge in [0.2, 0.25) is 0 Å². The molecule has 0 bridgehead atoms. The van der Waals surface area contributed by atoms with Crippen molar-refractivity contribution in [2.45, 2.75) is 80.3 Å². The zero-order chi connectivity index (χ0) is 24.2. The molecule has 3 aromatic rings. The summed E-state index contributed by atoms with van der Waals surface area (Å²) in [5, 5.41) is 0. The van der Waals surface area contributed by atoms with Crippen LogP contribution in [0.3, 0.4) is 0 Å². The van der Waals surface area contributed by atoms with Gasteiger partial charge in [0, 0.05) is 12.1 Å². The molecule has 0 aliphatic carbocycles. The minimum absolute atomic E-state index is 0.221. The first kappa shape index (κ1) is 25.1. The third kappa shape index (κ3) is 6.29. The molecule has 0 unspecified atom stereocenters. The highest BCUT2D eigenvalue weighted by atomic mass is 32.2. The highest BCUT2D eigenvalue weighted by Gasteiger charge is 2.32. The maximum absolute atomic E-state index is 14.7. The van der Waals surface area contributed by atoms with Crippen LogP contribution in [0.4, 0.5) is 8.78 Å². The molecule has 0 fully saturated rings. The molecule has 0 aliphatic heterocycles. The minimum Gasteiger partial charge on any atom is -0.485 e. The molecule has 0 aliphatic rings. The van der Waals surface area contributed by atoms with E-state index in [0.29, 0.717) is 0 Å². The van der Waals surface area contributed by atoms with E-state index in [4.69, 9.17) is 9.47 Å². The van der Waals surface area contributed by atoms with Crippen molar-refractivity contribution in [1.29, 1.82) is 0 Å². The fourth-order valence-electron chi connectivity index (χ4n) is 3.08. The third-order valence-electron chi connectivity index (χ3n) is 5.73. The number of halogens is 2. The summed E-state index contributed by atoms with van der Waals surface area (Å²) in [6.07, 6.45) is 1.49. The van der Waals surface area contributed by atoms with Crippen LogP contribution in [-0.4, -0.2) is 11.2 Å². The summed E-state index contributed by atoms with van der Waals surface area (Å²) in [6, 6.07) is 19.9. The second-order valence-corrected chi connectivity index (χ2v) is 11.3. The summed E-state index contributed by atoms with van der Waals surface area (Å²) in [7, 11) is -0.606. The van der Waals surface area contributed by atoms with E-state index in [0.717, 1.165) is 27.5 Å². The molecule has 0 aromatic heterocycles. The first-order valence-corrected chi connectivity index (χ1v) is 12.5. The van der Waals surface area contributed by atoms with Gasteiger partial charge < -0.3 is 9.47 Å². The van der Waals surface area contributed by atoms with Crippen molar-refractivity contribution >= 4 is 10.9 Å². The monoisotopic (exact) mass is 471 g/mol. The van der Waals surface area contributed by atoms with E-state index < -0.39 is 33.7 Å². The Hall–Kier alpha value is -2.53. The quantitative estimate of drug-likeness (QED) is 0.293. The highest BCUT2D eigenvalue weighted by molar-refractivity contribution is 7.97. The standard InChI is InChI=1S/C28H33F2O2S/c1-7-27(3,4)31-25-18-21(14-16-23(25)29)33(20-12-10-9-11-13-20)22-15-17-24(30)26(19-22)32-28(5,6)8-2/h9-19H,7-8H2,1-6H3/q+1. The average Bonchev–Trinajstić information content (AvgIpc) is 2.78. The van der Waals surface area contributed by atoms with E-state index in [9.17, 15) is 8.78 Å². The first-order chi connectivity index (χ1) is 15.5. The van der Waals surface area contributed by atoms with E-state index >= 15 is 0 Å². The van der Waals surface area contributed by atoms with Crippen molar-refractivity contribution in [3.63, 3.8) is 0 Å². The molecule has 0 spiro atoms. The lowest BCUT2D eigenvalue weighted by atomic mass is 10.1. The summed E-state index contributed by atoms with van der Waals surface area (Å²) in [5.74, 6) is -0.355. The van der Waals surface area contributed by atoms with Crippen molar-refractivity contribution in [2.24, 2.45) is 0 Å². The Morgan fingerprint density at radius 2 is 1.06 bits per heavy atom. The normalized spacial score (nSPS) is 12.2. The number of benzene rings is 3. The summed E-state index contributed by atoms with van der Waals surface area (Å²) in [6.45, 7) is 11.8. The predicted molar refractivity (Wildman–Crippen MR) is 131 cm³/mol. The third-order valence-corrected chi connectivity index (χ3v) is 7.93. The van der Waals surface area contributed by atoms with Crippen molar-refractivity contribution in [2.75, 3.05) is 0 Å². The van der Waals surface area contributed by atoms with Gasteiger partial charge in [-0.25, -0.2) is 8.78 Å². The van der Waals surface area contributed by atoms with Gasteiger partial charge in [0.1, 0.15) is 11.2 Å². The molecule has 0 saturated carbocycles. The summed E-state index contributed by atoms with van der Waals surface area (Å²) < 4.78 is 41.3. The van der Waals surface area contributed by atoms with Crippen molar-refractivity contribution in [3.8, 4) is 11.5 Å². The van der Waals surface area contributed by atoms with Gasteiger partial charge in [-0.3, -0.25) is 0 Å². The SMILES string of the molecule is CCC(C)(C)Oc1cc([S+](c2ccccc2)c2ccc(F)c(OC(C)(C)CC)c2)ccc1F. The Kier molecular flexibility index (Phi) is 7.73. The van der Waals surface area contributed by atoms with Crippen LogP contribution in [0.2, 0.25) is 0 Å². The largest absolute Gasteiger partial charge is 0.485 e. The van der Waals surface area contributed by atoms with Gasteiger partial charge in [-0.1, -0.05) is 32.0 Å². The molecular formula is C28H33F2O2S+. The summed E-state index contributed by atoms with van der Waals surface area (Å²) >= 11 is 0. The molecule has 0 radical (unpaired) electrons. The Bertz CT molecular complexity index is 1010. The van der Waals surface area contributed by atoms with Crippen molar-refractivity contribution in [3.05, 3.63) is 78.4 Å². The number of hydrogen-bond donors (Lipinski definition) is 0. The Morgan fingerprint density at radius 1 is 0.636 bits per heavy atom. The number of rotatable bonds is 9. The fourth-order valence-corrected chi connectivity index (χ4v) is 5.19. The maximum atomic E-state index is 14.7. The summed E-state index contributed by atoms with van der Waals surface area (Å²) in [4.78, 5) is 2.81. The van der Waals surface area contributed by atoms with E-state index in [1.807, 2.05) is 71.9 Å². The second kappa shape index (κ2) is 10.2. The highest BCUT2D eigenvalue weighted by Crippen LogP contribution is 2.37. The van der Waals surface area contributed by atoms with Crippen LogP contribution < -0.4 is 9.47 Å². The number of ether oxygens (including phenoxy) is 2. The smallest absolute Gasteiger partial charge is 0.170 e. The first-order valence-electron chi connectivity index (χ1n) is 11.3. The van der Waals surface area contributed by atoms with Crippen LogP contribution in [0.15, 0.2) is 81.4 Å². The molecule has 0 amide bonds. The molecule has 0 atom stereocenters. The zero-order valence-electron chi connectivity index (χ0n) is 20.2. The van der Waals surface area contributed by atoms with Gasteiger partial charge in [-0.15, -0.1) is 0 Å². The van der Waals surface area contributed by atoms with Crippen LogP contribution in [0.25, 0.3) is 0 Å². The topological polar surface area (TPSA) is 18.5 Å².